The van der Waals surface area contributed by atoms with E-state index in [-0.39, 0.29) is 23.7 Å². The number of amides is 1. The van der Waals surface area contributed by atoms with Crippen LogP contribution in [-0.2, 0) is 11.3 Å². The van der Waals surface area contributed by atoms with E-state index in [4.69, 9.17) is 5.11 Å². The van der Waals surface area contributed by atoms with Crippen LogP contribution in [-0.4, -0.2) is 38.4 Å². The third kappa shape index (κ3) is 4.83. The van der Waals surface area contributed by atoms with Crippen molar-refractivity contribution in [2.24, 2.45) is 0 Å². The molecule has 0 saturated carbocycles. The number of nitrogens with one attached hydrogen (secondary N) is 1. The van der Waals surface area contributed by atoms with E-state index in [1.165, 1.54) is 12.1 Å². The number of benzene rings is 2. The highest BCUT2D eigenvalue weighted by Crippen LogP contribution is 2.26. The first-order valence-electron chi connectivity index (χ1n) is 9.86. The predicted octanol–water partition coefficient (Wildman–Crippen LogP) is 2.74. The normalized spacial score (nSPS) is 10.9. The first-order valence-corrected chi connectivity index (χ1v) is 9.86. The van der Waals surface area contributed by atoms with Crippen LogP contribution in [0.15, 0.2) is 53.3 Å². The van der Waals surface area contributed by atoms with Gasteiger partial charge in [-0.15, -0.1) is 0 Å². The average Bonchev–Trinajstić information content (AvgIpc) is 2.75. The van der Waals surface area contributed by atoms with Crippen LogP contribution in [0.2, 0.25) is 0 Å². The van der Waals surface area contributed by atoms with Gasteiger partial charge in [-0.25, -0.2) is 9.07 Å². The second kappa shape index (κ2) is 9.42. The van der Waals surface area contributed by atoms with Crippen LogP contribution >= 0.6 is 0 Å². The van der Waals surface area contributed by atoms with Crippen LogP contribution in [0.4, 0.5) is 4.39 Å². The van der Waals surface area contributed by atoms with Crippen molar-refractivity contribution in [2.75, 3.05) is 6.54 Å². The SMILES string of the molecule is CC(C)c1nn(Cc2ccc(-c3ccccc3)cc2F)c(=O)c(C(=O)NCC(=O)O)c1O. The maximum absolute atomic E-state index is 14.8. The summed E-state index contributed by atoms with van der Waals surface area (Å²) in [7, 11) is 0. The average molecular weight is 439 g/mol. The molecule has 0 spiro atoms. The van der Waals surface area contributed by atoms with Crippen LogP contribution < -0.4 is 10.9 Å². The molecule has 1 heterocycles. The van der Waals surface area contributed by atoms with Gasteiger partial charge in [-0.05, 0) is 17.2 Å². The van der Waals surface area contributed by atoms with E-state index in [0.29, 0.717) is 5.56 Å². The number of hydrogen-bond donors (Lipinski definition) is 3. The first-order chi connectivity index (χ1) is 15.2. The minimum Gasteiger partial charge on any atom is -0.505 e. The van der Waals surface area contributed by atoms with E-state index < -0.39 is 41.1 Å². The van der Waals surface area contributed by atoms with E-state index in [0.717, 1.165) is 10.2 Å². The second-order valence-electron chi connectivity index (χ2n) is 7.47. The smallest absolute Gasteiger partial charge is 0.322 e. The van der Waals surface area contributed by atoms with Gasteiger partial charge < -0.3 is 15.5 Å². The molecule has 166 valence electrons. The zero-order valence-corrected chi connectivity index (χ0v) is 17.5. The molecule has 0 saturated heterocycles. The molecule has 0 bridgehead atoms. The highest BCUT2D eigenvalue weighted by atomic mass is 19.1. The topological polar surface area (TPSA) is 122 Å². The Bertz CT molecular complexity index is 1220. The molecule has 0 aliphatic rings. The number of aromatic nitrogens is 2. The Kier molecular flexibility index (Phi) is 6.67. The lowest BCUT2D eigenvalue weighted by molar-refractivity contribution is -0.135. The summed E-state index contributed by atoms with van der Waals surface area (Å²) in [6.45, 7) is 2.39. The Morgan fingerprint density at radius 1 is 1.12 bits per heavy atom. The van der Waals surface area contributed by atoms with E-state index in [9.17, 15) is 23.9 Å². The zero-order chi connectivity index (χ0) is 23.4. The maximum atomic E-state index is 14.8. The lowest BCUT2D eigenvalue weighted by Gasteiger charge is -2.15. The molecule has 0 fully saturated rings. The summed E-state index contributed by atoms with van der Waals surface area (Å²) in [4.78, 5) is 36.0. The van der Waals surface area contributed by atoms with Gasteiger partial charge in [0.25, 0.3) is 11.5 Å². The molecule has 3 rings (SSSR count). The molecule has 0 atom stereocenters. The summed E-state index contributed by atoms with van der Waals surface area (Å²) in [5.74, 6) is -3.90. The quantitative estimate of drug-likeness (QED) is 0.521. The molecular weight excluding hydrogens is 417 g/mol. The number of halogens is 1. The van der Waals surface area contributed by atoms with Crippen molar-refractivity contribution in [3.8, 4) is 16.9 Å². The van der Waals surface area contributed by atoms with Crippen molar-refractivity contribution in [1.29, 1.82) is 0 Å². The molecular formula is C23H22FN3O5. The Balaban J connectivity index is 2.01. The number of aromatic hydroxyl groups is 1. The van der Waals surface area contributed by atoms with Gasteiger partial charge in [0, 0.05) is 11.5 Å². The number of hydrogen-bond acceptors (Lipinski definition) is 5. The lowest BCUT2D eigenvalue weighted by Crippen LogP contribution is -2.37. The van der Waals surface area contributed by atoms with Crippen LogP contribution in [0.3, 0.4) is 0 Å². The summed E-state index contributed by atoms with van der Waals surface area (Å²) in [5, 5.41) is 25.4. The first kappa shape index (κ1) is 22.7. The largest absolute Gasteiger partial charge is 0.505 e. The number of carboxylic acids is 1. The van der Waals surface area contributed by atoms with Gasteiger partial charge in [0.05, 0.1) is 6.54 Å². The van der Waals surface area contributed by atoms with E-state index in [1.54, 1.807) is 19.9 Å². The van der Waals surface area contributed by atoms with Gasteiger partial charge in [-0.3, -0.25) is 14.4 Å². The molecule has 2 aromatic carbocycles. The standard InChI is InChI=1S/C23H22FN3O5/c1-13(2)20-21(30)19(22(31)25-11-18(28)29)23(32)27(26-20)12-16-9-8-15(10-17(16)24)14-6-4-3-5-7-14/h3-10,13,30H,11-12H2,1-2H3,(H,25,31)(H,28,29). The predicted molar refractivity (Wildman–Crippen MR) is 115 cm³/mol. The van der Waals surface area contributed by atoms with Crippen molar-refractivity contribution < 1.29 is 24.2 Å². The van der Waals surface area contributed by atoms with Crippen molar-refractivity contribution in [3.63, 3.8) is 0 Å². The van der Waals surface area contributed by atoms with Crippen LogP contribution in [0.5, 0.6) is 5.75 Å². The van der Waals surface area contributed by atoms with Gasteiger partial charge in [-0.1, -0.05) is 56.3 Å². The van der Waals surface area contributed by atoms with Crippen LogP contribution in [0, 0.1) is 5.82 Å². The van der Waals surface area contributed by atoms with Gasteiger partial charge in [0.15, 0.2) is 5.75 Å². The Morgan fingerprint density at radius 3 is 2.41 bits per heavy atom. The van der Waals surface area contributed by atoms with Gasteiger partial charge in [0.1, 0.15) is 23.6 Å². The molecule has 0 radical (unpaired) electrons. The fourth-order valence-corrected chi connectivity index (χ4v) is 3.17. The number of nitrogens with zero attached hydrogens (tertiary/aromatic N) is 2. The molecule has 8 nitrogen and oxygen atoms in total. The van der Waals surface area contributed by atoms with Gasteiger partial charge in [0.2, 0.25) is 0 Å². The highest BCUT2D eigenvalue weighted by Gasteiger charge is 2.25. The Labute approximate surface area is 183 Å². The minimum atomic E-state index is -1.31. The molecule has 1 amide bonds. The third-order valence-electron chi connectivity index (χ3n) is 4.81. The van der Waals surface area contributed by atoms with Crippen molar-refractivity contribution in [3.05, 3.63) is 81.5 Å². The zero-order valence-electron chi connectivity index (χ0n) is 17.5. The Morgan fingerprint density at radius 2 is 1.81 bits per heavy atom. The molecule has 1 aromatic heterocycles. The minimum absolute atomic E-state index is 0.0615. The summed E-state index contributed by atoms with van der Waals surface area (Å²) in [6, 6.07) is 13.8. The second-order valence-corrected chi connectivity index (χ2v) is 7.47. The molecule has 32 heavy (non-hydrogen) atoms. The van der Waals surface area contributed by atoms with E-state index >= 15 is 0 Å². The molecule has 0 aliphatic carbocycles. The summed E-state index contributed by atoms with van der Waals surface area (Å²) in [5.41, 5.74) is 0.127. The third-order valence-corrected chi connectivity index (χ3v) is 4.81. The monoisotopic (exact) mass is 439 g/mol. The number of carbonyl (C=O) groups excluding carboxylic acids is 1. The fourth-order valence-electron chi connectivity index (χ4n) is 3.17. The molecule has 0 aliphatic heterocycles. The number of rotatable bonds is 7. The van der Waals surface area contributed by atoms with Crippen molar-refractivity contribution in [1.82, 2.24) is 15.1 Å². The molecule has 3 N–H and O–H groups in total. The van der Waals surface area contributed by atoms with Crippen LogP contribution in [0.1, 0.15) is 41.4 Å². The molecule has 3 aromatic rings. The fraction of sp³-hybridized carbons (Fsp3) is 0.217. The van der Waals surface area contributed by atoms with Gasteiger partial charge >= 0.3 is 5.97 Å². The van der Waals surface area contributed by atoms with Crippen molar-refractivity contribution >= 4 is 11.9 Å². The molecule has 9 heteroatoms. The summed E-state index contributed by atoms with van der Waals surface area (Å²) in [6.07, 6.45) is 0. The van der Waals surface area contributed by atoms with E-state index in [1.807, 2.05) is 30.3 Å². The lowest BCUT2D eigenvalue weighted by atomic mass is 10.0. The Hall–Kier alpha value is -4.01. The number of carboxylic acid groups (broad SMARTS) is 1. The number of carbonyl (C=O) groups is 2. The van der Waals surface area contributed by atoms with E-state index in [2.05, 4.69) is 10.4 Å². The number of aliphatic carboxylic acids is 1. The molecule has 0 unspecified atom stereocenters. The maximum Gasteiger partial charge on any atom is 0.322 e. The van der Waals surface area contributed by atoms with Crippen molar-refractivity contribution in [2.45, 2.75) is 26.3 Å². The summed E-state index contributed by atoms with van der Waals surface area (Å²) < 4.78 is 15.7. The highest BCUT2D eigenvalue weighted by molar-refractivity contribution is 5.98. The summed E-state index contributed by atoms with van der Waals surface area (Å²) >= 11 is 0. The van der Waals surface area contributed by atoms with Crippen LogP contribution in [0.25, 0.3) is 11.1 Å². The van der Waals surface area contributed by atoms with Gasteiger partial charge in [-0.2, -0.15) is 5.10 Å².